The summed E-state index contributed by atoms with van der Waals surface area (Å²) in [5.41, 5.74) is 2.53. The van der Waals surface area contributed by atoms with Gasteiger partial charge in [-0.15, -0.1) is 10.2 Å². The van der Waals surface area contributed by atoms with Gasteiger partial charge in [0.05, 0.1) is 10.6 Å². The van der Waals surface area contributed by atoms with Gasteiger partial charge in [-0.1, -0.05) is 41.3 Å². The lowest BCUT2D eigenvalue weighted by molar-refractivity contribution is -0.113. The lowest BCUT2D eigenvalue weighted by Crippen LogP contribution is -2.15. The fourth-order valence-electron chi connectivity index (χ4n) is 2.20. The van der Waals surface area contributed by atoms with Crippen molar-refractivity contribution >= 4 is 55.5 Å². The van der Waals surface area contributed by atoms with E-state index in [9.17, 15) is 13.2 Å². The number of aromatic nitrogens is 2. The molecule has 0 saturated carbocycles. The first-order valence-corrected chi connectivity index (χ1v) is 11.4. The van der Waals surface area contributed by atoms with Gasteiger partial charge in [-0.3, -0.25) is 4.79 Å². The maximum absolute atomic E-state index is 12.1. The second-order valence-electron chi connectivity index (χ2n) is 5.72. The van der Waals surface area contributed by atoms with E-state index in [0.717, 1.165) is 11.3 Å². The number of sulfonamides is 1. The molecule has 8 nitrogen and oxygen atoms in total. The van der Waals surface area contributed by atoms with Gasteiger partial charge >= 0.3 is 0 Å². The standard InChI is InChI=1S/C17H17N5O3S3/c1-11-4-2-3-5-14(11)20-16-21-22-17(27-16)26-10-15(23)19-12-6-8-13(9-7-12)28(18,24)25/h2-9H,10H2,1H3,(H,19,23)(H,20,21)(H2,18,24,25). The Bertz CT molecular complexity index is 1080. The number of benzene rings is 2. The number of nitrogens with two attached hydrogens (primary N) is 1. The van der Waals surface area contributed by atoms with E-state index >= 15 is 0 Å². The number of anilines is 3. The summed E-state index contributed by atoms with van der Waals surface area (Å²) in [4.78, 5) is 12.1. The zero-order valence-electron chi connectivity index (χ0n) is 14.7. The minimum absolute atomic E-state index is 0.0117. The molecule has 0 atom stereocenters. The Morgan fingerprint density at radius 3 is 2.54 bits per heavy atom. The van der Waals surface area contributed by atoms with Gasteiger partial charge in [-0.25, -0.2) is 13.6 Å². The van der Waals surface area contributed by atoms with Gasteiger partial charge in [-0.2, -0.15) is 0 Å². The molecule has 0 bridgehead atoms. The summed E-state index contributed by atoms with van der Waals surface area (Å²) in [5, 5.41) is 19.7. The first-order valence-electron chi connectivity index (χ1n) is 8.03. The number of hydrogen-bond donors (Lipinski definition) is 3. The van der Waals surface area contributed by atoms with Crippen LogP contribution in [0.15, 0.2) is 57.8 Å². The normalized spacial score (nSPS) is 11.2. The lowest BCUT2D eigenvalue weighted by Gasteiger charge is -2.05. The van der Waals surface area contributed by atoms with Crippen molar-refractivity contribution in [1.29, 1.82) is 0 Å². The van der Waals surface area contributed by atoms with E-state index in [2.05, 4.69) is 20.8 Å². The number of hydrogen-bond acceptors (Lipinski definition) is 8. The Hall–Kier alpha value is -2.47. The molecule has 3 rings (SSSR count). The van der Waals surface area contributed by atoms with E-state index in [1.807, 2.05) is 31.2 Å². The first kappa shape index (κ1) is 20.3. The summed E-state index contributed by atoms with van der Waals surface area (Å²) >= 11 is 2.63. The van der Waals surface area contributed by atoms with Crippen molar-refractivity contribution in [2.75, 3.05) is 16.4 Å². The Morgan fingerprint density at radius 1 is 1.14 bits per heavy atom. The Labute approximate surface area is 170 Å². The van der Waals surface area contributed by atoms with E-state index in [1.165, 1.54) is 47.4 Å². The molecule has 1 amide bonds. The molecule has 0 spiro atoms. The predicted octanol–water partition coefficient (Wildman–Crippen LogP) is 2.97. The molecule has 0 aliphatic carbocycles. The number of primary sulfonamides is 1. The molecule has 1 heterocycles. The van der Waals surface area contributed by atoms with Crippen LogP contribution in [0.5, 0.6) is 0 Å². The topological polar surface area (TPSA) is 127 Å². The summed E-state index contributed by atoms with van der Waals surface area (Å²) in [6, 6.07) is 13.5. The number of amides is 1. The maximum atomic E-state index is 12.1. The number of para-hydroxylation sites is 1. The zero-order chi connectivity index (χ0) is 20.1. The molecular formula is C17H17N5O3S3. The molecule has 0 fully saturated rings. The number of carbonyl (C=O) groups is 1. The highest BCUT2D eigenvalue weighted by atomic mass is 32.2. The van der Waals surface area contributed by atoms with Gasteiger partial charge in [0.1, 0.15) is 0 Å². The molecular weight excluding hydrogens is 418 g/mol. The highest BCUT2D eigenvalue weighted by molar-refractivity contribution is 8.01. The Morgan fingerprint density at radius 2 is 1.86 bits per heavy atom. The van der Waals surface area contributed by atoms with Crippen molar-refractivity contribution in [2.45, 2.75) is 16.2 Å². The number of nitrogens with one attached hydrogen (secondary N) is 2. The van der Waals surface area contributed by atoms with Crippen LogP contribution in [0, 0.1) is 6.92 Å². The Balaban J connectivity index is 1.52. The summed E-state index contributed by atoms with van der Waals surface area (Å²) in [6.45, 7) is 2.00. The fraction of sp³-hybridized carbons (Fsp3) is 0.118. The van der Waals surface area contributed by atoms with E-state index in [4.69, 9.17) is 5.14 Å². The quantitative estimate of drug-likeness (QED) is 0.487. The third kappa shape index (κ3) is 5.52. The van der Waals surface area contributed by atoms with Crippen molar-refractivity contribution in [3.8, 4) is 0 Å². The molecule has 3 aromatic rings. The van der Waals surface area contributed by atoms with Crippen LogP contribution in [0.4, 0.5) is 16.5 Å². The largest absolute Gasteiger partial charge is 0.330 e. The third-order valence-corrected chi connectivity index (χ3v) is 6.49. The van der Waals surface area contributed by atoms with Crippen LogP contribution < -0.4 is 15.8 Å². The van der Waals surface area contributed by atoms with Crippen LogP contribution in [-0.4, -0.2) is 30.3 Å². The van der Waals surface area contributed by atoms with Gasteiger partial charge in [0.25, 0.3) is 0 Å². The van der Waals surface area contributed by atoms with Crippen LogP contribution in [-0.2, 0) is 14.8 Å². The SMILES string of the molecule is Cc1ccccc1Nc1nnc(SCC(=O)Nc2ccc(S(N)(=O)=O)cc2)s1. The van der Waals surface area contributed by atoms with Crippen molar-refractivity contribution in [3.63, 3.8) is 0 Å². The van der Waals surface area contributed by atoms with Crippen LogP contribution in [0.3, 0.4) is 0 Å². The van der Waals surface area contributed by atoms with Crippen molar-refractivity contribution < 1.29 is 13.2 Å². The van der Waals surface area contributed by atoms with Crippen molar-refractivity contribution in [3.05, 3.63) is 54.1 Å². The smallest absolute Gasteiger partial charge is 0.238 e. The van der Waals surface area contributed by atoms with Crippen molar-refractivity contribution in [1.82, 2.24) is 10.2 Å². The van der Waals surface area contributed by atoms with Crippen LogP contribution in [0.2, 0.25) is 0 Å². The molecule has 0 aliphatic heterocycles. The molecule has 1 aromatic heterocycles. The van der Waals surface area contributed by atoms with E-state index < -0.39 is 10.0 Å². The van der Waals surface area contributed by atoms with Crippen LogP contribution in [0.25, 0.3) is 0 Å². The monoisotopic (exact) mass is 435 g/mol. The maximum Gasteiger partial charge on any atom is 0.238 e. The first-order chi connectivity index (χ1) is 13.3. The molecule has 146 valence electrons. The molecule has 11 heteroatoms. The van der Waals surface area contributed by atoms with Crippen LogP contribution in [0.1, 0.15) is 5.56 Å². The van der Waals surface area contributed by atoms with E-state index in [-0.39, 0.29) is 16.6 Å². The van der Waals surface area contributed by atoms with Gasteiger partial charge in [0.15, 0.2) is 4.34 Å². The highest BCUT2D eigenvalue weighted by Crippen LogP contribution is 2.28. The van der Waals surface area contributed by atoms with Gasteiger partial charge < -0.3 is 10.6 Å². The molecule has 28 heavy (non-hydrogen) atoms. The predicted molar refractivity (Wildman–Crippen MR) is 112 cm³/mol. The second kappa shape index (κ2) is 8.69. The molecule has 0 saturated heterocycles. The van der Waals surface area contributed by atoms with Gasteiger partial charge in [-0.05, 0) is 42.8 Å². The third-order valence-electron chi connectivity index (χ3n) is 3.59. The van der Waals surface area contributed by atoms with Gasteiger partial charge in [0, 0.05) is 11.4 Å². The lowest BCUT2D eigenvalue weighted by atomic mass is 10.2. The van der Waals surface area contributed by atoms with Crippen LogP contribution >= 0.6 is 23.1 Å². The highest BCUT2D eigenvalue weighted by Gasteiger charge is 2.11. The zero-order valence-corrected chi connectivity index (χ0v) is 17.2. The number of nitrogens with zero attached hydrogens (tertiary/aromatic N) is 2. The van der Waals surface area contributed by atoms with E-state index in [0.29, 0.717) is 15.2 Å². The molecule has 2 aromatic carbocycles. The summed E-state index contributed by atoms with van der Waals surface area (Å²) in [5.74, 6) is -0.0902. The number of aryl methyl sites for hydroxylation is 1. The number of carbonyl (C=O) groups excluding carboxylic acids is 1. The molecule has 4 N–H and O–H groups in total. The average Bonchev–Trinajstić information content (AvgIpc) is 3.09. The number of rotatable bonds is 7. The molecule has 0 radical (unpaired) electrons. The average molecular weight is 436 g/mol. The number of thioether (sulfide) groups is 1. The fourth-order valence-corrected chi connectivity index (χ4v) is 4.28. The molecule has 0 unspecified atom stereocenters. The van der Waals surface area contributed by atoms with Crippen molar-refractivity contribution in [2.24, 2.45) is 5.14 Å². The summed E-state index contributed by atoms with van der Waals surface area (Å²) < 4.78 is 23.1. The summed E-state index contributed by atoms with van der Waals surface area (Å²) in [7, 11) is -3.75. The Kier molecular flexibility index (Phi) is 6.29. The second-order valence-corrected chi connectivity index (χ2v) is 9.48. The summed E-state index contributed by atoms with van der Waals surface area (Å²) in [6.07, 6.45) is 0. The molecule has 0 aliphatic rings. The van der Waals surface area contributed by atoms with Gasteiger partial charge in [0.2, 0.25) is 21.1 Å². The van der Waals surface area contributed by atoms with E-state index in [1.54, 1.807) is 0 Å². The minimum Gasteiger partial charge on any atom is -0.330 e. The minimum atomic E-state index is -3.75.